The van der Waals surface area contributed by atoms with Gasteiger partial charge in [0.2, 0.25) is 0 Å². The number of hydrogen-bond acceptors (Lipinski definition) is 1. The number of halogens is 2. The van der Waals surface area contributed by atoms with Gasteiger partial charge in [0.1, 0.15) is 5.75 Å². The lowest BCUT2D eigenvalue weighted by atomic mass is 10.2. The van der Waals surface area contributed by atoms with Gasteiger partial charge in [0, 0.05) is 0 Å². The highest BCUT2D eigenvalue weighted by molar-refractivity contribution is 14.1. The van der Waals surface area contributed by atoms with E-state index in [4.69, 9.17) is 4.74 Å². The molecule has 0 bridgehead atoms. The van der Waals surface area contributed by atoms with Gasteiger partial charge in [-0.15, -0.1) is 0 Å². The van der Waals surface area contributed by atoms with Gasteiger partial charge in [-0.25, -0.2) is 0 Å². The van der Waals surface area contributed by atoms with Crippen molar-refractivity contribution in [1.82, 2.24) is 0 Å². The predicted molar refractivity (Wildman–Crippen MR) is 67.8 cm³/mol. The van der Waals surface area contributed by atoms with Crippen LogP contribution in [-0.4, -0.2) is 7.11 Å². The number of benzene rings is 1. The maximum atomic E-state index is 5.30. The van der Waals surface area contributed by atoms with E-state index in [0.29, 0.717) is 0 Å². The van der Waals surface area contributed by atoms with E-state index in [-0.39, 0.29) is 0 Å². The lowest BCUT2D eigenvalue weighted by Crippen LogP contribution is -1.94. The fourth-order valence-corrected chi connectivity index (χ4v) is 3.29. The molecule has 0 aliphatic heterocycles. The van der Waals surface area contributed by atoms with Crippen LogP contribution in [0.25, 0.3) is 0 Å². The van der Waals surface area contributed by atoms with Crippen molar-refractivity contribution in [3.05, 3.63) is 24.8 Å². The molecule has 0 N–H and O–H groups in total. The van der Waals surface area contributed by atoms with Crippen LogP contribution in [0.4, 0.5) is 0 Å². The van der Waals surface area contributed by atoms with Crippen LogP contribution in [0.5, 0.6) is 5.75 Å². The van der Waals surface area contributed by atoms with Gasteiger partial charge in [-0.3, -0.25) is 0 Å². The van der Waals surface area contributed by atoms with Gasteiger partial charge >= 0.3 is 0 Å². The van der Waals surface area contributed by atoms with Gasteiger partial charge in [0.15, 0.2) is 0 Å². The number of rotatable bonds is 2. The molecule has 0 saturated carbocycles. The van der Waals surface area contributed by atoms with Crippen molar-refractivity contribution in [2.45, 2.75) is 13.3 Å². The van der Waals surface area contributed by atoms with E-state index in [1.165, 1.54) is 12.7 Å². The van der Waals surface area contributed by atoms with Crippen LogP contribution < -0.4 is 4.74 Å². The normalized spacial score (nSPS) is 10.0. The Kier molecular flexibility index (Phi) is 4.09. The van der Waals surface area contributed by atoms with E-state index in [1.54, 1.807) is 7.11 Å². The molecule has 3 heteroatoms. The zero-order valence-corrected chi connectivity index (χ0v) is 11.3. The molecule has 1 aromatic carbocycles. The fraction of sp³-hybridized carbons (Fsp3) is 0.333. The van der Waals surface area contributed by atoms with E-state index in [9.17, 15) is 0 Å². The molecule has 0 fully saturated rings. The first kappa shape index (κ1) is 10.6. The summed E-state index contributed by atoms with van der Waals surface area (Å²) >= 11 is 4.63. The van der Waals surface area contributed by atoms with Crippen LogP contribution >= 0.6 is 45.2 Å². The van der Waals surface area contributed by atoms with Gasteiger partial charge in [0.25, 0.3) is 0 Å². The number of ether oxygens (including phenoxy) is 1. The van der Waals surface area contributed by atoms with E-state index < -0.39 is 0 Å². The first-order chi connectivity index (χ1) is 5.70. The molecule has 0 heterocycles. The third kappa shape index (κ3) is 2.04. The quantitative estimate of drug-likeness (QED) is 0.706. The maximum absolute atomic E-state index is 5.30. The van der Waals surface area contributed by atoms with Crippen molar-refractivity contribution in [3.63, 3.8) is 0 Å². The Morgan fingerprint density at radius 1 is 1.33 bits per heavy atom. The molecule has 12 heavy (non-hydrogen) atoms. The van der Waals surface area contributed by atoms with E-state index >= 15 is 0 Å². The molecule has 0 atom stereocenters. The summed E-state index contributed by atoms with van der Waals surface area (Å²) in [5, 5.41) is 0. The summed E-state index contributed by atoms with van der Waals surface area (Å²) in [5.41, 5.74) is 1.35. The van der Waals surface area contributed by atoms with Gasteiger partial charge in [-0.2, -0.15) is 0 Å². The van der Waals surface area contributed by atoms with Crippen molar-refractivity contribution in [1.29, 1.82) is 0 Å². The average molecular weight is 388 g/mol. The second kappa shape index (κ2) is 4.64. The standard InChI is InChI=1S/C9H10I2O/c1-3-6-4-5-7(10)9(12-2)8(6)11/h4-5H,3H2,1-2H3. The SMILES string of the molecule is CCc1ccc(I)c(OC)c1I. The summed E-state index contributed by atoms with van der Waals surface area (Å²) < 4.78 is 7.72. The Morgan fingerprint density at radius 3 is 2.50 bits per heavy atom. The maximum Gasteiger partial charge on any atom is 0.145 e. The molecule has 1 nitrogen and oxygen atoms in total. The van der Waals surface area contributed by atoms with Crippen LogP contribution in [0.3, 0.4) is 0 Å². The summed E-state index contributed by atoms with van der Waals surface area (Å²) in [5.74, 6) is 1.01. The highest BCUT2D eigenvalue weighted by atomic mass is 127. The topological polar surface area (TPSA) is 9.23 Å². The summed E-state index contributed by atoms with van der Waals surface area (Å²) in [6.07, 6.45) is 1.06. The van der Waals surface area contributed by atoms with Crippen molar-refractivity contribution in [2.24, 2.45) is 0 Å². The second-order valence-electron chi connectivity index (χ2n) is 2.41. The highest BCUT2D eigenvalue weighted by Gasteiger charge is 2.07. The Hall–Kier alpha value is 0.480. The predicted octanol–water partition coefficient (Wildman–Crippen LogP) is 3.47. The summed E-state index contributed by atoms with van der Waals surface area (Å²) in [6.45, 7) is 2.16. The highest BCUT2D eigenvalue weighted by Crippen LogP contribution is 2.29. The molecule has 0 amide bonds. The number of aryl methyl sites for hydroxylation is 1. The molecule has 0 aromatic heterocycles. The number of hydrogen-bond donors (Lipinski definition) is 0. The van der Waals surface area contributed by atoms with Crippen molar-refractivity contribution in [2.75, 3.05) is 7.11 Å². The van der Waals surface area contributed by atoms with Gasteiger partial charge in [-0.1, -0.05) is 13.0 Å². The van der Waals surface area contributed by atoms with E-state index in [0.717, 1.165) is 12.2 Å². The third-order valence-electron chi connectivity index (χ3n) is 1.71. The molecule has 66 valence electrons. The van der Waals surface area contributed by atoms with Gasteiger partial charge in [-0.05, 0) is 63.2 Å². The minimum Gasteiger partial charge on any atom is -0.495 e. The number of methoxy groups -OCH3 is 1. The Labute approximate surface area is 100 Å². The molecule has 1 rings (SSSR count). The zero-order valence-electron chi connectivity index (χ0n) is 7.03. The van der Waals surface area contributed by atoms with Gasteiger partial charge < -0.3 is 4.74 Å². The molecule has 0 aliphatic rings. The van der Waals surface area contributed by atoms with Crippen LogP contribution in [0, 0.1) is 7.14 Å². The summed E-state index contributed by atoms with van der Waals surface area (Å²) in [7, 11) is 1.72. The molecule has 0 aliphatic carbocycles. The molecule has 0 radical (unpaired) electrons. The Morgan fingerprint density at radius 2 is 2.00 bits per heavy atom. The van der Waals surface area contributed by atoms with Crippen LogP contribution in [0.1, 0.15) is 12.5 Å². The molecular weight excluding hydrogens is 378 g/mol. The van der Waals surface area contributed by atoms with E-state index in [2.05, 4.69) is 64.2 Å². The minimum absolute atomic E-state index is 1.01. The fourth-order valence-electron chi connectivity index (χ4n) is 1.03. The zero-order chi connectivity index (χ0) is 9.14. The van der Waals surface area contributed by atoms with Crippen LogP contribution in [0.2, 0.25) is 0 Å². The largest absolute Gasteiger partial charge is 0.495 e. The Balaban J connectivity index is 3.24. The smallest absolute Gasteiger partial charge is 0.145 e. The second-order valence-corrected chi connectivity index (χ2v) is 4.65. The Bertz CT molecular complexity index is 284. The lowest BCUT2D eigenvalue weighted by Gasteiger charge is -2.09. The molecule has 1 aromatic rings. The van der Waals surface area contributed by atoms with Crippen LogP contribution in [-0.2, 0) is 6.42 Å². The van der Waals surface area contributed by atoms with Crippen molar-refractivity contribution < 1.29 is 4.74 Å². The lowest BCUT2D eigenvalue weighted by molar-refractivity contribution is 0.408. The minimum atomic E-state index is 1.01. The van der Waals surface area contributed by atoms with E-state index in [1.807, 2.05) is 0 Å². The summed E-state index contributed by atoms with van der Waals surface area (Å²) in [6, 6.07) is 4.26. The van der Waals surface area contributed by atoms with Crippen molar-refractivity contribution in [3.8, 4) is 5.75 Å². The molecular formula is C9H10I2O. The first-order valence-corrected chi connectivity index (χ1v) is 5.87. The third-order valence-corrected chi connectivity index (χ3v) is 3.75. The van der Waals surface area contributed by atoms with Crippen LogP contribution in [0.15, 0.2) is 12.1 Å². The monoisotopic (exact) mass is 388 g/mol. The molecule has 0 saturated heterocycles. The molecule has 0 unspecified atom stereocenters. The van der Waals surface area contributed by atoms with Crippen molar-refractivity contribution >= 4 is 45.2 Å². The average Bonchev–Trinajstić information content (AvgIpc) is 2.06. The molecule has 0 spiro atoms. The first-order valence-electron chi connectivity index (χ1n) is 3.71. The summed E-state index contributed by atoms with van der Waals surface area (Å²) in [4.78, 5) is 0. The van der Waals surface area contributed by atoms with Gasteiger partial charge in [0.05, 0.1) is 14.3 Å².